The van der Waals surface area contributed by atoms with Gasteiger partial charge in [-0.25, -0.2) is 19.3 Å². The van der Waals surface area contributed by atoms with Crippen molar-refractivity contribution < 1.29 is 23.9 Å². The molecule has 7 nitrogen and oxygen atoms in total. The van der Waals surface area contributed by atoms with Gasteiger partial charge >= 0.3 is 18.1 Å². The molecule has 1 atom stereocenters. The molecule has 0 radical (unpaired) electrons. The fourth-order valence-corrected chi connectivity index (χ4v) is 2.06. The number of nitrogens with zero attached hydrogens (tertiary/aromatic N) is 1. The van der Waals surface area contributed by atoms with Crippen LogP contribution in [0.2, 0.25) is 0 Å². The van der Waals surface area contributed by atoms with Crippen molar-refractivity contribution in [2.45, 2.75) is 39.0 Å². The van der Waals surface area contributed by atoms with Gasteiger partial charge in [-0.05, 0) is 26.3 Å². The van der Waals surface area contributed by atoms with E-state index in [4.69, 9.17) is 9.47 Å². The van der Waals surface area contributed by atoms with Gasteiger partial charge in [-0.2, -0.15) is 0 Å². The normalized spacial score (nSPS) is 17.6. The van der Waals surface area contributed by atoms with Gasteiger partial charge in [0.05, 0.1) is 6.54 Å². The first-order valence-electron chi connectivity index (χ1n) is 7.28. The SMILES string of the molecule is CC(C)(C)OC(=O)[C@H]1CNC(=O)N1C(=O)OCc1ccccc1. The minimum Gasteiger partial charge on any atom is -0.458 e. The quantitative estimate of drug-likeness (QED) is 0.862. The van der Waals surface area contributed by atoms with Crippen LogP contribution >= 0.6 is 0 Å². The number of amides is 3. The van der Waals surface area contributed by atoms with Gasteiger partial charge in [-0.1, -0.05) is 30.3 Å². The van der Waals surface area contributed by atoms with Crippen LogP contribution in [0, 0.1) is 0 Å². The van der Waals surface area contributed by atoms with Gasteiger partial charge in [0.1, 0.15) is 12.2 Å². The van der Waals surface area contributed by atoms with Gasteiger partial charge in [-0.3, -0.25) is 0 Å². The molecule has 1 aliphatic heterocycles. The highest BCUT2D eigenvalue weighted by atomic mass is 16.6. The number of benzene rings is 1. The smallest absolute Gasteiger partial charge is 0.419 e. The van der Waals surface area contributed by atoms with E-state index in [0.717, 1.165) is 10.5 Å². The molecule has 7 heteroatoms. The molecule has 1 aliphatic rings. The Morgan fingerprint density at radius 1 is 1.26 bits per heavy atom. The zero-order chi connectivity index (χ0) is 17.0. The average molecular weight is 320 g/mol. The lowest BCUT2D eigenvalue weighted by Crippen LogP contribution is -2.46. The topological polar surface area (TPSA) is 84.9 Å². The third kappa shape index (κ3) is 4.45. The third-order valence-electron chi connectivity index (χ3n) is 3.06. The lowest BCUT2D eigenvalue weighted by molar-refractivity contribution is -0.158. The van der Waals surface area contributed by atoms with Crippen molar-refractivity contribution in [2.75, 3.05) is 6.54 Å². The first-order chi connectivity index (χ1) is 10.8. The predicted molar refractivity (Wildman–Crippen MR) is 81.5 cm³/mol. The summed E-state index contributed by atoms with van der Waals surface area (Å²) < 4.78 is 10.3. The average Bonchev–Trinajstić information content (AvgIpc) is 2.86. The van der Waals surface area contributed by atoms with E-state index >= 15 is 0 Å². The van der Waals surface area contributed by atoms with Crippen LogP contribution in [-0.4, -0.2) is 41.2 Å². The highest BCUT2D eigenvalue weighted by Crippen LogP contribution is 2.16. The van der Waals surface area contributed by atoms with E-state index in [1.165, 1.54) is 0 Å². The predicted octanol–water partition coefficient (Wildman–Crippen LogP) is 2.06. The third-order valence-corrected chi connectivity index (χ3v) is 3.06. The number of ether oxygens (including phenoxy) is 2. The molecule has 2 rings (SSSR count). The van der Waals surface area contributed by atoms with E-state index in [2.05, 4.69) is 5.32 Å². The maximum absolute atomic E-state index is 12.1. The summed E-state index contributed by atoms with van der Waals surface area (Å²) in [5.41, 5.74) is 0.0803. The summed E-state index contributed by atoms with van der Waals surface area (Å²) in [5, 5.41) is 2.45. The van der Waals surface area contributed by atoms with Crippen LogP contribution in [0.15, 0.2) is 30.3 Å². The van der Waals surface area contributed by atoms with Gasteiger partial charge in [0, 0.05) is 0 Å². The zero-order valence-corrected chi connectivity index (χ0v) is 13.4. The van der Waals surface area contributed by atoms with Gasteiger partial charge in [-0.15, -0.1) is 0 Å². The highest BCUT2D eigenvalue weighted by Gasteiger charge is 2.43. The van der Waals surface area contributed by atoms with E-state index in [9.17, 15) is 14.4 Å². The number of urea groups is 1. The molecule has 1 fully saturated rings. The minimum atomic E-state index is -1.02. The Bertz CT molecular complexity index is 594. The first kappa shape index (κ1) is 16.8. The fourth-order valence-electron chi connectivity index (χ4n) is 2.06. The van der Waals surface area contributed by atoms with E-state index in [-0.39, 0.29) is 13.2 Å². The second kappa shape index (κ2) is 6.68. The molecule has 124 valence electrons. The van der Waals surface area contributed by atoms with Crippen LogP contribution in [0.5, 0.6) is 0 Å². The number of nitrogens with one attached hydrogen (secondary N) is 1. The van der Waals surface area contributed by atoms with Crippen molar-refractivity contribution in [3.63, 3.8) is 0 Å². The van der Waals surface area contributed by atoms with Crippen LogP contribution < -0.4 is 5.32 Å². The summed E-state index contributed by atoms with van der Waals surface area (Å²) in [4.78, 5) is 36.9. The van der Waals surface area contributed by atoms with Gasteiger partial charge in [0.15, 0.2) is 6.04 Å². The molecule has 0 spiro atoms. The molecule has 1 saturated heterocycles. The summed E-state index contributed by atoms with van der Waals surface area (Å²) in [5.74, 6) is -0.646. The Morgan fingerprint density at radius 2 is 1.91 bits per heavy atom. The second-order valence-corrected chi connectivity index (χ2v) is 6.15. The molecule has 0 saturated carbocycles. The molecular formula is C16H20N2O5. The molecule has 1 N–H and O–H groups in total. The standard InChI is InChI=1S/C16H20N2O5/c1-16(2,3)23-13(19)12-9-17-14(20)18(12)15(21)22-10-11-7-5-4-6-8-11/h4-8,12H,9-10H2,1-3H3,(H,17,20)/t12-/m1/s1. The largest absolute Gasteiger partial charge is 0.458 e. The number of rotatable bonds is 3. The van der Waals surface area contributed by atoms with Gasteiger partial charge in [0.25, 0.3) is 0 Å². The number of hydrogen-bond donors (Lipinski definition) is 1. The van der Waals surface area contributed by atoms with Crippen molar-refractivity contribution in [1.29, 1.82) is 0 Å². The number of imide groups is 1. The monoisotopic (exact) mass is 320 g/mol. The van der Waals surface area contributed by atoms with Crippen LogP contribution in [0.3, 0.4) is 0 Å². The Labute approximate surface area is 134 Å². The lowest BCUT2D eigenvalue weighted by atomic mass is 10.2. The summed E-state index contributed by atoms with van der Waals surface area (Å²) >= 11 is 0. The molecule has 1 aromatic rings. The zero-order valence-electron chi connectivity index (χ0n) is 13.4. The van der Waals surface area contributed by atoms with E-state index in [1.807, 2.05) is 18.2 Å². The number of esters is 1. The molecule has 0 bridgehead atoms. The van der Waals surface area contributed by atoms with Crippen LogP contribution in [0.1, 0.15) is 26.3 Å². The highest BCUT2D eigenvalue weighted by molar-refractivity contribution is 5.98. The molecule has 0 unspecified atom stereocenters. The molecule has 23 heavy (non-hydrogen) atoms. The van der Waals surface area contributed by atoms with E-state index in [0.29, 0.717) is 0 Å². The second-order valence-electron chi connectivity index (χ2n) is 6.15. The van der Waals surface area contributed by atoms with Crippen molar-refractivity contribution in [3.05, 3.63) is 35.9 Å². The van der Waals surface area contributed by atoms with E-state index < -0.39 is 29.7 Å². The summed E-state index contributed by atoms with van der Waals surface area (Å²) in [7, 11) is 0. The van der Waals surface area contributed by atoms with Crippen molar-refractivity contribution in [3.8, 4) is 0 Å². The minimum absolute atomic E-state index is 0.00812. The summed E-state index contributed by atoms with van der Waals surface area (Å²) in [6, 6.07) is 7.37. The van der Waals surface area contributed by atoms with Crippen LogP contribution in [0.4, 0.5) is 9.59 Å². The fraction of sp³-hybridized carbons (Fsp3) is 0.438. The number of carbonyl (C=O) groups is 3. The van der Waals surface area contributed by atoms with Crippen molar-refractivity contribution >= 4 is 18.1 Å². The molecular weight excluding hydrogens is 300 g/mol. The summed E-state index contributed by atoms with van der Waals surface area (Å²) in [6.45, 7) is 5.17. The molecule has 0 aliphatic carbocycles. The van der Waals surface area contributed by atoms with Gasteiger partial charge in [0.2, 0.25) is 0 Å². The summed E-state index contributed by atoms with van der Waals surface area (Å²) in [6.07, 6.45) is -0.875. The van der Waals surface area contributed by atoms with Crippen LogP contribution in [-0.2, 0) is 20.9 Å². The Hall–Kier alpha value is -2.57. The molecule has 1 heterocycles. The van der Waals surface area contributed by atoms with E-state index in [1.54, 1.807) is 32.9 Å². The first-order valence-corrected chi connectivity index (χ1v) is 7.28. The number of hydrogen-bond acceptors (Lipinski definition) is 5. The lowest BCUT2D eigenvalue weighted by Gasteiger charge is -2.25. The molecule has 3 amide bonds. The Morgan fingerprint density at radius 3 is 2.52 bits per heavy atom. The maximum Gasteiger partial charge on any atom is 0.419 e. The van der Waals surface area contributed by atoms with Crippen molar-refractivity contribution in [2.24, 2.45) is 0 Å². The van der Waals surface area contributed by atoms with Crippen molar-refractivity contribution in [1.82, 2.24) is 10.2 Å². The Balaban J connectivity index is 2.01. The van der Waals surface area contributed by atoms with Gasteiger partial charge < -0.3 is 14.8 Å². The Kier molecular flexibility index (Phi) is 4.88. The van der Waals surface area contributed by atoms with Crippen LogP contribution in [0.25, 0.3) is 0 Å². The number of carbonyl (C=O) groups excluding carboxylic acids is 3. The molecule has 1 aromatic carbocycles. The molecule has 0 aromatic heterocycles. The maximum atomic E-state index is 12.1.